The summed E-state index contributed by atoms with van der Waals surface area (Å²) >= 11 is 1.37. The highest BCUT2D eigenvalue weighted by Gasteiger charge is 2.34. The highest BCUT2D eigenvalue weighted by Crippen LogP contribution is 2.44. The fraction of sp³-hybridized carbons (Fsp3) is 0.526. The van der Waals surface area contributed by atoms with E-state index in [0.717, 1.165) is 35.8 Å². The molecule has 7 heteroatoms. The van der Waals surface area contributed by atoms with E-state index >= 15 is 0 Å². The van der Waals surface area contributed by atoms with Crippen molar-refractivity contribution in [2.24, 2.45) is 11.3 Å². The normalized spacial score (nSPS) is 17.0. The van der Waals surface area contributed by atoms with Crippen LogP contribution in [0.3, 0.4) is 0 Å². The van der Waals surface area contributed by atoms with E-state index in [2.05, 4.69) is 26.1 Å². The average molecular weight is 378 g/mol. The van der Waals surface area contributed by atoms with Crippen molar-refractivity contribution in [2.75, 3.05) is 11.9 Å². The molecule has 0 fully saturated rings. The van der Waals surface area contributed by atoms with E-state index in [4.69, 9.17) is 4.74 Å². The van der Waals surface area contributed by atoms with Crippen LogP contribution >= 0.6 is 11.3 Å². The number of hydrogen-bond donors (Lipinski definition) is 1. The number of anilines is 1. The first-order valence-electron chi connectivity index (χ1n) is 8.65. The molecule has 26 heavy (non-hydrogen) atoms. The third-order valence-corrected chi connectivity index (χ3v) is 5.75. The second-order valence-electron chi connectivity index (χ2n) is 7.38. The fourth-order valence-corrected chi connectivity index (χ4v) is 4.45. The third-order valence-electron chi connectivity index (χ3n) is 4.58. The first kappa shape index (κ1) is 20.2. The Morgan fingerprint density at radius 1 is 1.31 bits per heavy atom. The van der Waals surface area contributed by atoms with Crippen LogP contribution in [0.15, 0.2) is 12.2 Å². The Morgan fingerprint density at radius 3 is 2.58 bits per heavy atom. The molecule has 0 spiro atoms. The summed E-state index contributed by atoms with van der Waals surface area (Å²) in [4.78, 5) is 35.9. The van der Waals surface area contributed by atoms with Gasteiger partial charge in [-0.15, -0.1) is 11.3 Å². The van der Waals surface area contributed by atoms with Gasteiger partial charge < -0.3 is 20.0 Å². The Labute approximate surface area is 157 Å². The number of hydrogen-bond acceptors (Lipinski definition) is 6. The number of nitrogens with one attached hydrogen (secondary N) is 1. The number of rotatable bonds is 5. The van der Waals surface area contributed by atoms with Crippen molar-refractivity contribution in [3.63, 3.8) is 0 Å². The van der Waals surface area contributed by atoms with Gasteiger partial charge in [-0.3, -0.25) is 4.79 Å². The molecule has 2 rings (SSSR count). The molecule has 1 aliphatic rings. The van der Waals surface area contributed by atoms with Gasteiger partial charge in [-0.25, -0.2) is 4.79 Å². The van der Waals surface area contributed by atoms with Crippen molar-refractivity contribution in [3.05, 3.63) is 28.2 Å². The zero-order chi connectivity index (χ0) is 19.5. The van der Waals surface area contributed by atoms with Crippen molar-refractivity contribution < 1.29 is 24.2 Å². The molecule has 1 aromatic rings. The van der Waals surface area contributed by atoms with Crippen molar-refractivity contribution in [1.29, 1.82) is 0 Å². The first-order chi connectivity index (χ1) is 12.1. The summed E-state index contributed by atoms with van der Waals surface area (Å²) < 4.78 is 5.16. The molecule has 1 aromatic heterocycles. The summed E-state index contributed by atoms with van der Waals surface area (Å²) in [7, 11) is 0. The molecule has 1 atom stereocenters. The summed E-state index contributed by atoms with van der Waals surface area (Å²) in [5.41, 5.74) is 1.49. The Balaban J connectivity index is 2.35. The highest BCUT2D eigenvalue weighted by atomic mass is 32.1. The number of carbonyl (C=O) groups excluding carboxylic acids is 3. The molecule has 1 amide bonds. The number of aliphatic carboxylic acids is 1. The lowest BCUT2D eigenvalue weighted by Gasteiger charge is -2.33. The fourth-order valence-electron chi connectivity index (χ4n) is 3.13. The monoisotopic (exact) mass is 378 g/mol. The van der Waals surface area contributed by atoms with E-state index in [0.29, 0.717) is 22.6 Å². The number of fused-ring (bicyclic) bond motifs is 1. The van der Waals surface area contributed by atoms with Gasteiger partial charge in [0.1, 0.15) is 5.00 Å². The predicted octanol–water partition coefficient (Wildman–Crippen LogP) is 2.32. The number of carboxylic acids is 1. The van der Waals surface area contributed by atoms with Crippen LogP contribution in [0.25, 0.3) is 0 Å². The molecule has 1 heterocycles. The molecule has 142 valence electrons. The number of carboxylic acid groups (broad SMARTS) is 1. The molecule has 6 nitrogen and oxygen atoms in total. The minimum atomic E-state index is -1.45. The van der Waals surface area contributed by atoms with Crippen LogP contribution < -0.4 is 10.4 Å². The molecular weight excluding hydrogens is 354 g/mol. The Hall–Kier alpha value is -2.15. The molecule has 0 saturated carbocycles. The van der Waals surface area contributed by atoms with Gasteiger partial charge in [-0.2, -0.15) is 0 Å². The zero-order valence-corrected chi connectivity index (χ0v) is 16.3. The van der Waals surface area contributed by atoms with E-state index in [1.807, 2.05) is 0 Å². The van der Waals surface area contributed by atoms with Crippen LogP contribution in [0, 0.1) is 11.3 Å². The van der Waals surface area contributed by atoms with Crippen molar-refractivity contribution in [3.8, 4) is 0 Å². The van der Waals surface area contributed by atoms with Crippen LogP contribution in [0.2, 0.25) is 0 Å². The van der Waals surface area contributed by atoms with E-state index in [-0.39, 0.29) is 12.0 Å². The second-order valence-corrected chi connectivity index (χ2v) is 8.48. The number of amides is 1. The largest absolute Gasteiger partial charge is 0.545 e. The Kier molecular flexibility index (Phi) is 6.23. The lowest BCUT2D eigenvalue weighted by molar-refractivity contribution is -0.297. The number of thiophene rings is 1. The van der Waals surface area contributed by atoms with Crippen LogP contribution in [0.1, 0.15) is 54.9 Å². The van der Waals surface area contributed by atoms with Crippen LogP contribution in [-0.2, 0) is 27.2 Å². The van der Waals surface area contributed by atoms with E-state index < -0.39 is 17.8 Å². The topological polar surface area (TPSA) is 95.5 Å². The molecule has 0 unspecified atom stereocenters. The molecule has 0 aromatic carbocycles. The van der Waals surface area contributed by atoms with Gasteiger partial charge in [-0.1, -0.05) is 20.8 Å². The van der Waals surface area contributed by atoms with Gasteiger partial charge in [0, 0.05) is 11.0 Å². The number of carbonyl (C=O) groups is 3. The second kappa shape index (κ2) is 8.03. The molecule has 1 N–H and O–H groups in total. The summed E-state index contributed by atoms with van der Waals surface area (Å²) in [5, 5.41) is 13.5. The quantitative estimate of drug-likeness (QED) is 0.627. The van der Waals surface area contributed by atoms with Crippen LogP contribution in [-0.4, -0.2) is 24.5 Å². The Morgan fingerprint density at radius 2 is 2.00 bits per heavy atom. The molecule has 1 aliphatic carbocycles. The van der Waals surface area contributed by atoms with Gasteiger partial charge >= 0.3 is 5.97 Å². The third kappa shape index (κ3) is 4.72. The molecule has 0 saturated heterocycles. The van der Waals surface area contributed by atoms with Gasteiger partial charge in [0.2, 0.25) is 5.91 Å². The summed E-state index contributed by atoms with van der Waals surface area (Å²) in [6.07, 6.45) is 4.11. The van der Waals surface area contributed by atoms with Crippen LogP contribution in [0.5, 0.6) is 0 Å². The van der Waals surface area contributed by atoms with Gasteiger partial charge in [0.15, 0.2) is 0 Å². The molecule has 0 aliphatic heterocycles. The smallest absolute Gasteiger partial charge is 0.341 e. The van der Waals surface area contributed by atoms with Gasteiger partial charge in [0.05, 0.1) is 18.1 Å². The molecule has 0 radical (unpaired) electrons. The number of ether oxygens (including phenoxy) is 1. The molecule has 0 bridgehead atoms. The zero-order valence-electron chi connectivity index (χ0n) is 15.5. The maximum absolute atomic E-state index is 12.4. The Bertz CT molecular complexity index is 742. The lowest BCUT2D eigenvalue weighted by Crippen LogP contribution is -2.26. The first-order valence-corrected chi connectivity index (χ1v) is 9.46. The highest BCUT2D eigenvalue weighted by molar-refractivity contribution is 7.17. The van der Waals surface area contributed by atoms with E-state index in [1.165, 1.54) is 11.3 Å². The maximum atomic E-state index is 12.4. The SMILES string of the molecule is CCOC(=O)c1c(NC(=O)C=CC(=O)[O-])sc2c1CC[C@H](C(C)(C)C)C2. The minimum absolute atomic E-state index is 0.159. The van der Waals surface area contributed by atoms with Gasteiger partial charge in [-0.05, 0) is 49.2 Å². The predicted molar refractivity (Wildman–Crippen MR) is 98.0 cm³/mol. The van der Waals surface area contributed by atoms with Crippen molar-refractivity contribution in [1.82, 2.24) is 0 Å². The maximum Gasteiger partial charge on any atom is 0.341 e. The summed E-state index contributed by atoms with van der Waals surface area (Å²) in [5.74, 6) is -2.04. The van der Waals surface area contributed by atoms with E-state index in [9.17, 15) is 19.5 Å². The summed E-state index contributed by atoms with van der Waals surface area (Å²) in [6.45, 7) is 8.58. The lowest BCUT2D eigenvalue weighted by atomic mass is 9.72. The minimum Gasteiger partial charge on any atom is -0.545 e. The standard InChI is InChI=1S/C19H25NO5S/c1-5-25-18(24)16-12-7-6-11(19(2,3)4)10-13(12)26-17(16)20-14(21)8-9-15(22)23/h8-9,11H,5-7,10H2,1-4H3,(H,20,21)(H,22,23)/p-1/t11-/m0/s1. The average Bonchev–Trinajstić information content (AvgIpc) is 2.89. The van der Waals surface area contributed by atoms with Crippen molar-refractivity contribution >= 4 is 34.2 Å². The van der Waals surface area contributed by atoms with E-state index in [1.54, 1.807) is 6.92 Å². The summed E-state index contributed by atoms with van der Waals surface area (Å²) in [6, 6.07) is 0. The van der Waals surface area contributed by atoms with Crippen molar-refractivity contribution in [2.45, 2.75) is 47.0 Å². The number of esters is 1. The molecular formula is C19H24NO5S-. The van der Waals surface area contributed by atoms with Crippen LogP contribution in [0.4, 0.5) is 5.00 Å². The van der Waals surface area contributed by atoms with Gasteiger partial charge in [0.25, 0.3) is 0 Å².